The summed E-state index contributed by atoms with van der Waals surface area (Å²) in [5, 5.41) is 9.03. The van der Waals surface area contributed by atoms with Crippen molar-refractivity contribution in [3.63, 3.8) is 0 Å². The topological polar surface area (TPSA) is 239 Å². The Bertz CT molecular complexity index is 2140. The molecule has 3 rings (SSSR count). The van der Waals surface area contributed by atoms with Gasteiger partial charge in [0.15, 0.2) is 0 Å². The van der Waals surface area contributed by atoms with Gasteiger partial charge in [-0.25, -0.2) is 18.3 Å². The minimum absolute atomic E-state index is 0.0364. The summed E-state index contributed by atoms with van der Waals surface area (Å²) in [6.07, 6.45) is 39.9. The summed E-state index contributed by atoms with van der Waals surface area (Å²) in [7, 11) is -9.65. The van der Waals surface area contributed by atoms with E-state index >= 15 is 0 Å². The Hall–Kier alpha value is -1.67. The molecule has 3 heterocycles. The van der Waals surface area contributed by atoms with Gasteiger partial charge >= 0.3 is 31.1 Å². The van der Waals surface area contributed by atoms with Gasteiger partial charge in [0, 0.05) is 93.8 Å². The van der Waals surface area contributed by atoms with Crippen LogP contribution in [0.2, 0.25) is 0 Å². The molecule has 4 atom stereocenters. The van der Waals surface area contributed by atoms with E-state index in [-0.39, 0.29) is 72.1 Å². The molecule has 0 radical (unpaired) electrons. The molecule has 23 nitrogen and oxygen atoms in total. The van der Waals surface area contributed by atoms with Gasteiger partial charge in [0.05, 0.1) is 46.2 Å². The highest BCUT2D eigenvalue weighted by Gasteiger charge is 2.35. The zero-order chi connectivity index (χ0) is 66.2. The van der Waals surface area contributed by atoms with Crippen molar-refractivity contribution in [2.75, 3.05) is 140 Å². The zero-order valence-electron chi connectivity index (χ0n) is 58.3. The Morgan fingerprint density at radius 2 is 0.571 bits per heavy atom. The maximum absolute atomic E-state index is 14.9. The number of nitrogens with zero attached hydrogens (tertiary/aromatic N) is 9. The van der Waals surface area contributed by atoms with Gasteiger partial charge in [0.1, 0.15) is 0 Å². The van der Waals surface area contributed by atoms with Crippen molar-refractivity contribution in [3.8, 4) is 0 Å². The maximum atomic E-state index is 14.9. The molecule has 0 aliphatic carbocycles. The van der Waals surface area contributed by atoms with Gasteiger partial charge in [0.2, 0.25) is 17.9 Å². The quantitative estimate of drug-likeness (QED) is 0.0425. The van der Waals surface area contributed by atoms with E-state index in [1.165, 1.54) is 155 Å². The maximum Gasteiger partial charge on any atom is 0.472 e. The van der Waals surface area contributed by atoms with Gasteiger partial charge in [0.25, 0.3) is 0 Å². The average molecular weight is 1370 g/mol. The van der Waals surface area contributed by atoms with Crippen molar-refractivity contribution in [1.82, 2.24) is 29.4 Å². The second kappa shape index (κ2) is 51.5. The number of aliphatic hydroxyl groups is 1. The molecular weight excluding hydrogens is 1240 g/mol. The van der Waals surface area contributed by atoms with E-state index in [0.717, 1.165) is 90.5 Å². The zero-order valence-corrected chi connectivity index (χ0v) is 61.9. The highest BCUT2D eigenvalue weighted by molar-refractivity contribution is 7.53. The van der Waals surface area contributed by atoms with Crippen LogP contribution in [0.15, 0.2) is 14.3 Å². The highest BCUT2D eigenvalue weighted by atomic mass is 31.2. The number of hydrogen-bond acceptors (Lipinski definition) is 13. The Morgan fingerprint density at radius 3 is 0.868 bits per heavy atom. The average Bonchev–Trinajstić information content (AvgIpc) is 2.23. The van der Waals surface area contributed by atoms with Crippen LogP contribution in [0, 0.1) is 0 Å². The lowest BCUT2D eigenvalue weighted by atomic mass is 10.1. The third kappa shape index (κ3) is 38.8. The molecule has 27 heteroatoms. The molecule has 0 saturated carbocycles. The molecule has 3 saturated heterocycles. The summed E-state index contributed by atoms with van der Waals surface area (Å²) in [5.74, 6) is 1.61. The summed E-state index contributed by atoms with van der Waals surface area (Å²) in [6.45, 7) is 12.6. The molecule has 0 aromatic rings. The van der Waals surface area contributed by atoms with Crippen molar-refractivity contribution in [2.45, 2.75) is 258 Å². The van der Waals surface area contributed by atoms with E-state index in [1.54, 1.807) is 0 Å². The smallest absolute Gasteiger partial charge is 0.396 e. The van der Waals surface area contributed by atoms with E-state index in [0.29, 0.717) is 56.9 Å². The second-order valence-corrected chi connectivity index (χ2v) is 31.6. The number of likely N-dealkylation sites (N-methyl/N-ethyl adjacent to an activating group) is 3. The molecule has 4 unspecified atom stereocenters. The second-order valence-electron chi connectivity index (χ2n) is 25.1. The summed E-state index contributed by atoms with van der Waals surface area (Å²) < 4.78 is 116. The van der Waals surface area contributed by atoms with Crippen LogP contribution < -0.4 is 0 Å². The van der Waals surface area contributed by atoms with Gasteiger partial charge in [-0.1, -0.05) is 207 Å². The van der Waals surface area contributed by atoms with Crippen molar-refractivity contribution >= 4 is 48.9 Å². The summed E-state index contributed by atoms with van der Waals surface area (Å²) in [6, 6.07) is 0. The van der Waals surface area contributed by atoms with E-state index in [2.05, 4.69) is 45.0 Å². The van der Waals surface area contributed by atoms with Crippen LogP contribution in [0.4, 0.5) is 0 Å². The van der Waals surface area contributed by atoms with Gasteiger partial charge in [-0.15, -0.1) is 14.3 Å². The molecule has 3 aliphatic heterocycles. The van der Waals surface area contributed by atoms with Crippen molar-refractivity contribution in [2.24, 2.45) is 14.3 Å². The normalized spacial score (nSPS) is 18.8. The van der Waals surface area contributed by atoms with Crippen LogP contribution in [-0.4, -0.2) is 197 Å². The standard InChI is InChI=1S/C64H131N9O14P4/c1-8-11-14-17-20-23-26-29-32-37-45-71-51-48-68(4)62(71)65-88(75,80-7)81-56-42-57-82-89(76,66-63-69(5)49-52-72(63)46-38-33-30-27-24-21-18-15-12-9-2)83-58-43-59-84-90(77,85-60-44-61-87-91(78,79)86-55-41-36-35-40-54-74)67-64-70(6)50-53-73(64)47-39-34-31-28-25-22-19-16-13-10-3/h74H,8-61H2,1-7H3,(H,78,79)/b65-62-,66-63?,67-64+. The molecule has 536 valence electrons. The molecular formula is C64H131N9O14P4. The fourth-order valence-corrected chi connectivity index (χ4v) is 16.0. The summed E-state index contributed by atoms with van der Waals surface area (Å²) >= 11 is 0. The van der Waals surface area contributed by atoms with E-state index in [4.69, 9.17) is 46.1 Å². The largest absolute Gasteiger partial charge is 0.472 e. The summed E-state index contributed by atoms with van der Waals surface area (Å²) in [5.41, 5.74) is 0. The lowest BCUT2D eigenvalue weighted by Gasteiger charge is -2.24. The number of hydrogen-bond donors (Lipinski definition) is 2. The van der Waals surface area contributed by atoms with Crippen molar-refractivity contribution in [1.29, 1.82) is 0 Å². The molecule has 2 N–H and O–H groups in total. The molecule has 91 heavy (non-hydrogen) atoms. The SMILES string of the molecule is CCCCCCCCCCCCN1CCN(C)C1=NP(=O)(OCCCOP(=O)(/N=C1/N(C)CCN1CCCCCCCCCCCC)OC)OCCCOP(=O)(/N=C1\N(C)CCN1CCCCCCCCCCCC)OCCCOP(=O)(O)OCCCCCCO. The van der Waals surface area contributed by atoms with E-state index in [9.17, 15) is 23.2 Å². The van der Waals surface area contributed by atoms with Crippen molar-refractivity contribution < 1.29 is 64.5 Å². The molecule has 0 aromatic heterocycles. The van der Waals surface area contributed by atoms with Crippen LogP contribution in [0.1, 0.15) is 258 Å². The first-order chi connectivity index (χ1) is 44.1. The molecule has 3 fully saturated rings. The number of rotatable bonds is 62. The number of guanidine groups is 3. The third-order valence-electron chi connectivity index (χ3n) is 16.9. The van der Waals surface area contributed by atoms with Gasteiger partial charge in [-0.05, 0) is 51.4 Å². The molecule has 0 amide bonds. The minimum Gasteiger partial charge on any atom is -0.396 e. The molecule has 0 bridgehead atoms. The minimum atomic E-state index is -4.34. The number of phosphoric acid groups is 1. The molecule has 0 spiro atoms. The van der Waals surface area contributed by atoms with Gasteiger partial charge in [-0.3, -0.25) is 36.2 Å². The van der Waals surface area contributed by atoms with E-state index in [1.807, 2.05) is 35.8 Å². The fourth-order valence-electron chi connectivity index (χ4n) is 11.2. The Balaban J connectivity index is 1.71. The predicted molar refractivity (Wildman–Crippen MR) is 371 cm³/mol. The number of unbranched alkanes of at least 4 members (excludes halogenated alkanes) is 30. The van der Waals surface area contributed by atoms with Crippen LogP contribution in [0.25, 0.3) is 0 Å². The molecule has 3 aliphatic rings. The molecule has 0 aromatic carbocycles. The third-order valence-corrected chi connectivity index (χ3v) is 22.2. The monoisotopic (exact) mass is 1370 g/mol. The number of phosphoric ester groups is 1. The lowest BCUT2D eigenvalue weighted by Crippen LogP contribution is -2.32. The first-order valence-corrected chi connectivity index (χ1v) is 42.0. The van der Waals surface area contributed by atoms with E-state index < -0.39 is 31.1 Å². The first kappa shape index (κ1) is 83.6. The Morgan fingerprint density at radius 1 is 0.330 bits per heavy atom. The fraction of sp³-hybridized carbons (Fsp3) is 0.953. The number of aliphatic hydroxyl groups excluding tert-OH is 1. The Kier molecular flexibility index (Phi) is 47.3. The predicted octanol–water partition coefficient (Wildman–Crippen LogP) is 16.5. The van der Waals surface area contributed by atoms with Crippen LogP contribution >= 0.6 is 31.1 Å². The summed E-state index contributed by atoms with van der Waals surface area (Å²) in [4.78, 5) is 22.6. The van der Waals surface area contributed by atoms with Crippen LogP contribution in [-0.2, 0) is 54.5 Å². The van der Waals surface area contributed by atoms with Crippen LogP contribution in [0.3, 0.4) is 0 Å². The van der Waals surface area contributed by atoms with Crippen LogP contribution in [0.5, 0.6) is 0 Å². The first-order valence-electron chi connectivity index (χ1n) is 36.1. The van der Waals surface area contributed by atoms with Gasteiger partial charge in [-0.2, -0.15) is 0 Å². The Labute approximate surface area is 553 Å². The lowest BCUT2D eigenvalue weighted by molar-refractivity contribution is 0.134. The highest BCUT2D eigenvalue weighted by Crippen LogP contribution is 2.54. The van der Waals surface area contributed by atoms with Gasteiger partial charge < -0.3 is 39.4 Å². The van der Waals surface area contributed by atoms with Crippen molar-refractivity contribution in [3.05, 3.63) is 0 Å².